The molecule has 2 aromatic rings. The third kappa shape index (κ3) is 3.41. The summed E-state index contributed by atoms with van der Waals surface area (Å²) in [6.45, 7) is 4.38. The van der Waals surface area contributed by atoms with Crippen molar-refractivity contribution >= 4 is 10.0 Å². The molecule has 0 spiro atoms. The Hall–Kier alpha value is -1.92. The molecule has 1 aromatic heterocycles. The molecule has 6 heteroatoms. The molecule has 0 bridgehead atoms. The van der Waals surface area contributed by atoms with Gasteiger partial charge >= 0.3 is 0 Å². The molecule has 0 saturated carbocycles. The molecule has 0 radical (unpaired) electrons. The van der Waals surface area contributed by atoms with E-state index < -0.39 is 10.0 Å². The molecule has 134 valence electrons. The molecule has 25 heavy (non-hydrogen) atoms. The van der Waals surface area contributed by atoms with Crippen LogP contribution in [0.25, 0.3) is 0 Å². The lowest BCUT2D eigenvalue weighted by Gasteiger charge is -2.35. The van der Waals surface area contributed by atoms with Gasteiger partial charge in [-0.25, -0.2) is 8.42 Å². The van der Waals surface area contributed by atoms with Crippen LogP contribution in [0.5, 0.6) is 5.75 Å². The van der Waals surface area contributed by atoms with Crippen molar-refractivity contribution < 1.29 is 13.2 Å². The fraction of sp³-hybridized carbons (Fsp3) is 0.421. The van der Waals surface area contributed by atoms with Gasteiger partial charge < -0.3 is 4.74 Å². The second-order valence-corrected chi connectivity index (χ2v) is 8.36. The highest BCUT2D eigenvalue weighted by atomic mass is 32.2. The number of hydrogen-bond donors (Lipinski definition) is 0. The van der Waals surface area contributed by atoms with Gasteiger partial charge in [0, 0.05) is 18.9 Å². The van der Waals surface area contributed by atoms with E-state index >= 15 is 0 Å². The minimum Gasteiger partial charge on any atom is -0.495 e. The Balaban J connectivity index is 2.08. The Bertz CT molecular complexity index is 850. The molecule has 1 saturated heterocycles. The van der Waals surface area contributed by atoms with Crippen molar-refractivity contribution in [3.8, 4) is 5.75 Å². The van der Waals surface area contributed by atoms with Crippen LogP contribution in [0.4, 0.5) is 0 Å². The average molecular weight is 360 g/mol. The molecule has 0 N–H and O–H groups in total. The van der Waals surface area contributed by atoms with Crippen LogP contribution < -0.4 is 4.74 Å². The Morgan fingerprint density at radius 3 is 2.64 bits per heavy atom. The zero-order valence-electron chi connectivity index (χ0n) is 14.9. The van der Waals surface area contributed by atoms with Crippen LogP contribution in [0.2, 0.25) is 0 Å². The highest BCUT2D eigenvalue weighted by Crippen LogP contribution is 2.38. The SMILES string of the molecule is COc1cc(C)c(C)cc1S(=O)(=O)N1CCCC[C@@H]1c1cccnc1. The minimum absolute atomic E-state index is 0.182. The van der Waals surface area contributed by atoms with Crippen LogP contribution in [0, 0.1) is 13.8 Å². The van der Waals surface area contributed by atoms with Crippen LogP contribution in [-0.4, -0.2) is 31.4 Å². The van der Waals surface area contributed by atoms with Gasteiger partial charge in [-0.15, -0.1) is 0 Å². The fourth-order valence-electron chi connectivity index (χ4n) is 3.35. The Labute approximate surface area is 149 Å². The van der Waals surface area contributed by atoms with E-state index in [0.717, 1.165) is 36.0 Å². The first kappa shape index (κ1) is 17.9. The number of hydrogen-bond acceptors (Lipinski definition) is 4. The number of ether oxygens (including phenoxy) is 1. The summed E-state index contributed by atoms with van der Waals surface area (Å²) in [5.41, 5.74) is 2.89. The third-order valence-corrected chi connectivity index (χ3v) is 6.82. The molecule has 1 fully saturated rings. The maximum atomic E-state index is 13.4. The molecule has 1 aromatic carbocycles. The maximum absolute atomic E-state index is 13.4. The standard InChI is InChI=1S/C19H24N2O3S/c1-14-11-18(24-3)19(12-15(14)2)25(22,23)21-10-5-4-8-17(21)16-7-6-9-20-13-16/h6-7,9,11-13,17H,4-5,8,10H2,1-3H3/t17-/m1/s1. The smallest absolute Gasteiger partial charge is 0.247 e. The summed E-state index contributed by atoms with van der Waals surface area (Å²) in [5.74, 6) is 0.401. The van der Waals surface area contributed by atoms with Crippen molar-refractivity contribution in [3.63, 3.8) is 0 Å². The zero-order chi connectivity index (χ0) is 18.0. The van der Waals surface area contributed by atoms with Gasteiger partial charge in [0.25, 0.3) is 0 Å². The first-order valence-electron chi connectivity index (χ1n) is 8.52. The number of sulfonamides is 1. The van der Waals surface area contributed by atoms with Gasteiger partial charge in [0.05, 0.1) is 13.2 Å². The summed E-state index contributed by atoms with van der Waals surface area (Å²) in [5, 5.41) is 0. The summed E-state index contributed by atoms with van der Waals surface area (Å²) < 4.78 is 33.9. The Morgan fingerprint density at radius 2 is 1.96 bits per heavy atom. The summed E-state index contributed by atoms with van der Waals surface area (Å²) in [7, 11) is -2.15. The molecule has 5 nitrogen and oxygen atoms in total. The molecule has 2 heterocycles. The van der Waals surface area contributed by atoms with E-state index in [9.17, 15) is 8.42 Å². The molecule has 1 atom stereocenters. The lowest BCUT2D eigenvalue weighted by atomic mass is 9.99. The highest BCUT2D eigenvalue weighted by molar-refractivity contribution is 7.89. The van der Waals surface area contributed by atoms with Gasteiger partial charge in [0.15, 0.2) is 0 Å². The van der Waals surface area contributed by atoms with Crippen molar-refractivity contribution in [2.75, 3.05) is 13.7 Å². The summed E-state index contributed by atoms with van der Waals surface area (Å²) in [6, 6.07) is 7.14. The largest absolute Gasteiger partial charge is 0.495 e. The summed E-state index contributed by atoms with van der Waals surface area (Å²) >= 11 is 0. The van der Waals surface area contributed by atoms with Gasteiger partial charge in [-0.1, -0.05) is 12.5 Å². The number of aryl methyl sites for hydroxylation is 2. The molecule has 0 amide bonds. The monoisotopic (exact) mass is 360 g/mol. The van der Waals surface area contributed by atoms with Crippen LogP contribution in [0.1, 0.15) is 42.0 Å². The zero-order valence-corrected chi connectivity index (χ0v) is 15.7. The van der Waals surface area contributed by atoms with Crippen molar-refractivity contribution in [1.29, 1.82) is 0 Å². The molecule has 0 aliphatic carbocycles. The molecule has 3 rings (SSSR count). The van der Waals surface area contributed by atoms with Crippen molar-refractivity contribution in [1.82, 2.24) is 9.29 Å². The first-order valence-corrected chi connectivity index (χ1v) is 9.96. The topological polar surface area (TPSA) is 59.5 Å². The van der Waals surface area contributed by atoms with E-state index in [-0.39, 0.29) is 10.9 Å². The first-order chi connectivity index (χ1) is 11.9. The van der Waals surface area contributed by atoms with Crippen molar-refractivity contribution in [2.24, 2.45) is 0 Å². The Morgan fingerprint density at radius 1 is 1.20 bits per heavy atom. The molecular formula is C19H24N2O3S. The normalized spacial score (nSPS) is 18.9. The number of nitrogens with zero attached hydrogens (tertiary/aromatic N) is 2. The number of benzene rings is 1. The Kier molecular flexibility index (Phi) is 5.11. The van der Waals surface area contributed by atoms with Crippen LogP contribution in [0.15, 0.2) is 41.6 Å². The second-order valence-electron chi connectivity index (χ2n) is 6.50. The summed E-state index contributed by atoms with van der Waals surface area (Å²) in [4.78, 5) is 4.41. The van der Waals surface area contributed by atoms with Gasteiger partial charge in [-0.2, -0.15) is 4.31 Å². The van der Waals surface area contributed by atoms with Gasteiger partial charge in [-0.05, 0) is 61.6 Å². The van der Waals surface area contributed by atoms with E-state index in [1.165, 1.54) is 7.11 Å². The number of pyridine rings is 1. The van der Waals surface area contributed by atoms with E-state index in [0.29, 0.717) is 12.3 Å². The molecule has 1 aliphatic heterocycles. The quantitative estimate of drug-likeness (QED) is 0.835. The number of methoxy groups -OCH3 is 1. The lowest BCUT2D eigenvalue weighted by molar-refractivity contribution is 0.254. The van der Waals surface area contributed by atoms with Gasteiger partial charge in [0.2, 0.25) is 10.0 Å². The predicted molar refractivity (Wildman–Crippen MR) is 97.2 cm³/mol. The van der Waals surface area contributed by atoms with Crippen LogP contribution >= 0.6 is 0 Å². The number of aromatic nitrogens is 1. The lowest BCUT2D eigenvalue weighted by Crippen LogP contribution is -2.38. The van der Waals surface area contributed by atoms with Gasteiger partial charge in [0.1, 0.15) is 10.6 Å². The van der Waals surface area contributed by atoms with E-state index in [4.69, 9.17) is 4.74 Å². The maximum Gasteiger partial charge on any atom is 0.247 e. The fourth-order valence-corrected chi connectivity index (χ4v) is 5.26. The number of rotatable bonds is 4. The molecule has 1 aliphatic rings. The van der Waals surface area contributed by atoms with Gasteiger partial charge in [-0.3, -0.25) is 4.98 Å². The highest BCUT2D eigenvalue weighted by Gasteiger charge is 2.36. The van der Waals surface area contributed by atoms with Crippen molar-refractivity contribution in [3.05, 3.63) is 53.3 Å². The van der Waals surface area contributed by atoms with Crippen molar-refractivity contribution in [2.45, 2.75) is 44.0 Å². The average Bonchev–Trinajstić information content (AvgIpc) is 2.64. The number of piperidine rings is 1. The predicted octanol–water partition coefficient (Wildman–Crippen LogP) is 3.62. The van der Waals surface area contributed by atoms with E-state index in [1.54, 1.807) is 28.8 Å². The van der Waals surface area contributed by atoms with Crippen LogP contribution in [0.3, 0.4) is 0 Å². The van der Waals surface area contributed by atoms with E-state index in [2.05, 4.69) is 4.98 Å². The van der Waals surface area contributed by atoms with Crippen LogP contribution in [-0.2, 0) is 10.0 Å². The van der Waals surface area contributed by atoms with E-state index in [1.807, 2.05) is 26.0 Å². The third-order valence-electron chi connectivity index (χ3n) is 4.89. The molecular weight excluding hydrogens is 336 g/mol. The minimum atomic E-state index is -3.66. The molecule has 0 unspecified atom stereocenters. The summed E-state index contributed by atoms with van der Waals surface area (Å²) in [6.07, 6.45) is 6.14. The second kappa shape index (κ2) is 7.14.